The summed E-state index contributed by atoms with van der Waals surface area (Å²) in [4.78, 5) is 0. The highest BCUT2D eigenvalue weighted by molar-refractivity contribution is 6.83. The minimum Gasteiger partial charge on any atom is -0.491 e. The number of rotatable bonds is 4. The lowest BCUT2D eigenvalue weighted by atomic mass is 9.72. The van der Waals surface area contributed by atoms with Gasteiger partial charge in [-0.3, -0.25) is 0 Å². The fourth-order valence-corrected chi connectivity index (χ4v) is 5.14. The van der Waals surface area contributed by atoms with Crippen molar-refractivity contribution in [2.45, 2.75) is 76.8 Å². The van der Waals surface area contributed by atoms with Crippen molar-refractivity contribution in [3.05, 3.63) is 29.3 Å². The number of benzene rings is 1. The van der Waals surface area contributed by atoms with Gasteiger partial charge < -0.3 is 14.6 Å². The van der Waals surface area contributed by atoms with Gasteiger partial charge in [0.1, 0.15) is 8.07 Å². The van der Waals surface area contributed by atoms with Crippen molar-refractivity contribution in [2.75, 3.05) is 13.2 Å². The first-order valence-corrected chi connectivity index (χ1v) is 14.6. The van der Waals surface area contributed by atoms with E-state index in [9.17, 15) is 13.9 Å². The van der Waals surface area contributed by atoms with E-state index < -0.39 is 25.5 Å². The molecule has 0 aromatic heterocycles. The van der Waals surface area contributed by atoms with Crippen LogP contribution in [0.15, 0.2) is 12.1 Å². The molecule has 1 saturated heterocycles. The molecule has 0 radical (unpaired) electrons. The molecule has 0 bridgehead atoms. The topological polar surface area (TPSA) is 38.7 Å². The Morgan fingerprint density at radius 2 is 1.80 bits per heavy atom. The molecule has 1 aliphatic carbocycles. The van der Waals surface area contributed by atoms with Crippen molar-refractivity contribution in [1.82, 2.24) is 0 Å². The van der Waals surface area contributed by atoms with E-state index in [0.717, 1.165) is 32.1 Å². The average molecular weight is 437 g/mol. The third kappa shape index (κ3) is 5.63. The molecule has 166 valence electrons. The molecule has 2 aliphatic rings. The van der Waals surface area contributed by atoms with E-state index in [0.29, 0.717) is 37.0 Å². The number of hydrogen-bond acceptors (Lipinski definition) is 3. The molecular weight excluding hydrogens is 402 g/mol. The second-order valence-corrected chi connectivity index (χ2v) is 14.5. The van der Waals surface area contributed by atoms with Gasteiger partial charge in [0.15, 0.2) is 11.6 Å². The molecule has 2 unspecified atom stereocenters. The SMILES string of the molecule is CCOc1ccc(C2CCC(C3CCC(O)(C#C[Si](C)(C)C)OC3)CC2)c(F)c1F. The molecule has 0 amide bonds. The molecule has 2 fully saturated rings. The first kappa shape index (κ1) is 23.2. The van der Waals surface area contributed by atoms with Crippen molar-refractivity contribution >= 4 is 8.07 Å². The van der Waals surface area contributed by atoms with Crippen LogP contribution in [-0.2, 0) is 4.74 Å². The minimum absolute atomic E-state index is 0.0171. The molecule has 3 rings (SSSR count). The smallest absolute Gasteiger partial charge is 0.230 e. The first-order chi connectivity index (χ1) is 14.1. The predicted octanol–water partition coefficient (Wildman–Crippen LogP) is 5.63. The Kier molecular flexibility index (Phi) is 7.27. The summed E-state index contributed by atoms with van der Waals surface area (Å²) in [6.45, 7) is 9.01. The van der Waals surface area contributed by atoms with Crippen molar-refractivity contribution < 1.29 is 23.4 Å². The second kappa shape index (κ2) is 9.38. The highest BCUT2D eigenvalue weighted by Gasteiger charge is 2.38. The number of halogens is 2. The normalized spacial score (nSPS) is 29.8. The quantitative estimate of drug-likeness (QED) is 0.491. The summed E-state index contributed by atoms with van der Waals surface area (Å²) in [6.07, 6.45) is 5.03. The monoisotopic (exact) mass is 436 g/mol. The largest absolute Gasteiger partial charge is 0.491 e. The maximum absolute atomic E-state index is 14.6. The predicted molar refractivity (Wildman–Crippen MR) is 117 cm³/mol. The fourth-order valence-electron chi connectivity index (χ4n) is 4.57. The summed E-state index contributed by atoms with van der Waals surface area (Å²) >= 11 is 0. The van der Waals surface area contributed by atoms with Gasteiger partial charge in [-0.25, -0.2) is 4.39 Å². The Hall–Kier alpha value is -1.42. The van der Waals surface area contributed by atoms with Crippen molar-refractivity contribution in [1.29, 1.82) is 0 Å². The summed E-state index contributed by atoms with van der Waals surface area (Å²) < 4.78 is 39.7. The standard InChI is InChI=1S/C24H34F2O3Si/c1-5-28-21-11-10-20(22(25)23(21)26)18-8-6-17(7-9-18)19-12-13-24(27,29-16-19)14-15-30(2,3)4/h10-11,17-19,27H,5-9,12-13,16H2,1-4H3. The van der Waals surface area contributed by atoms with Crippen molar-refractivity contribution in [2.24, 2.45) is 11.8 Å². The summed E-state index contributed by atoms with van der Waals surface area (Å²) in [6, 6.07) is 3.22. The van der Waals surface area contributed by atoms with E-state index in [1.165, 1.54) is 0 Å². The zero-order valence-corrected chi connectivity index (χ0v) is 19.6. The molecule has 1 aromatic carbocycles. The number of aliphatic hydroxyl groups is 1. The van der Waals surface area contributed by atoms with E-state index in [1.807, 2.05) is 0 Å². The van der Waals surface area contributed by atoms with Crippen LogP contribution in [0.1, 0.15) is 56.9 Å². The lowest BCUT2D eigenvalue weighted by Crippen LogP contribution is -2.41. The summed E-state index contributed by atoms with van der Waals surface area (Å²) in [5, 5.41) is 10.6. The van der Waals surface area contributed by atoms with Gasteiger partial charge in [-0.05, 0) is 74.3 Å². The molecule has 1 aromatic rings. The van der Waals surface area contributed by atoms with Crippen LogP contribution in [0.25, 0.3) is 0 Å². The fraction of sp³-hybridized carbons (Fsp3) is 0.667. The molecule has 3 nitrogen and oxygen atoms in total. The molecule has 6 heteroatoms. The van der Waals surface area contributed by atoms with Gasteiger partial charge in [-0.15, -0.1) is 5.54 Å². The lowest BCUT2D eigenvalue weighted by Gasteiger charge is -2.39. The maximum atomic E-state index is 14.6. The molecule has 0 spiro atoms. The summed E-state index contributed by atoms with van der Waals surface area (Å²) in [5.41, 5.74) is 3.67. The van der Waals surface area contributed by atoms with Gasteiger partial charge in [0.2, 0.25) is 11.6 Å². The zero-order chi connectivity index (χ0) is 21.9. The average Bonchev–Trinajstić information content (AvgIpc) is 2.71. The Bertz CT molecular complexity index is 793. The van der Waals surface area contributed by atoms with Gasteiger partial charge in [0, 0.05) is 6.42 Å². The van der Waals surface area contributed by atoms with Gasteiger partial charge >= 0.3 is 0 Å². The van der Waals surface area contributed by atoms with Crippen LogP contribution in [0.4, 0.5) is 8.78 Å². The molecule has 1 aliphatic heterocycles. The molecule has 1 heterocycles. The van der Waals surface area contributed by atoms with Crippen molar-refractivity contribution in [3.63, 3.8) is 0 Å². The van der Waals surface area contributed by atoms with Crippen LogP contribution < -0.4 is 4.74 Å². The molecule has 1 saturated carbocycles. The van der Waals surface area contributed by atoms with Gasteiger partial charge in [-0.2, -0.15) is 4.39 Å². The van der Waals surface area contributed by atoms with Crippen molar-refractivity contribution in [3.8, 4) is 17.2 Å². The van der Waals surface area contributed by atoms with Gasteiger partial charge in [0.05, 0.1) is 13.2 Å². The van der Waals surface area contributed by atoms with Crippen LogP contribution in [-0.4, -0.2) is 32.2 Å². The summed E-state index contributed by atoms with van der Waals surface area (Å²) in [5.74, 6) is 0.921. The van der Waals surface area contributed by atoms with Crippen LogP contribution in [0.5, 0.6) is 5.75 Å². The second-order valence-electron chi connectivity index (χ2n) is 9.72. The van der Waals surface area contributed by atoms with E-state index in [1.54, 1.807) is 19.1 Å². The Balaban J connectivity index is 1.56. The maximum Gasteiger partial charge on any atom is 0.230 e. The molecule has 30 heavy (non-hydrogen) atoms. The minimum atomic E-state index is -1.56. The van der Waals surface area contributed by atoms with Gasteiger partial charge in [-0.1, -0.05) is 25.7 Å². The van der Waals surface area contributed by atoms with Crippen LogP contribution in [0.2, 0.25) is 19.6 Å². The Morgan fingerprint density at radius 1 is 1.10 bits per heavy atom. The van der Waals surface area contributed by atoms with Crippen LogP contribution in [0, 0.1) is 34.9 Å². The van der Waals surface area contributed by atoms with E-state index in [-0.39, 0.29) is 11.7 Å². The third-order valence-electron chi connectivity index (χ3n) is 6.28. The molecule has 2 atom stereocenters. The third-order valence-corrected chi connectivity index (χ3v) is 7.15. The van der Waals surface area contributed by atoms with E-state index in [2.05, 4.69) is 31.1 Å². The highest BCUT2D eigenvalue weighted by Crippen LogP contribution is 2.43. The van der Waals surface area contributed by atoms with E-state index in [4.69, 9.17) is 9.47 Å². The van der Waals surface area contributed by atoms with Crippen LogP contribution in [0.3, 0.4) is 0 Å². The molecule has 1 N–H and O–H groups in total. The molecular formula is C24H34F2O3Si. The number of hydrogen-bond donors (Lipinski definition) is 1. The first-order valence-electron chi connectivity index (χ1n) is 11.1. The van der Waals surface area contributed by atoms with E-state index >= 15 is 0 Å². The van der Waals surface area contributed by atoms with Gasteiger partial charge in [0.25, 0.3) is 0 Å². The zero-order valence-electron chi connectivity index (χ0n) is 18.6. The Labute approximate surface area is 180 Å². The highest BCUT2D eigenvalue weighted by atomic mass is 28.3. The number of ether oxygens (including phenoxy) is 2. The van der Waals surface area contributed by atoms with Crippen LogP contribution >= 0.6 is 0 Å². The lowest BCUT2D eigenvalue weighted by molar-refractivity contribution is -0.201. The Morgan fingerprint density at radius 3 is 2.37 bits per heavy atom. The summed E-state index contributed by atoms with van der Waals surface area (Å²) in [7, 11) is -1.56.